The van der Waals surface area contributed by atoms with Crippen molar-refractivity contribution in [2.24, 2.45) is 5.92 Å². The van der Waals surface area contributed by atoms with Gasteiger partial charge in [0.2, 0.25) is 10.0 Å². The molecule has 0 heterocycles. The van der Waals surface area contributed by atoms with E-state index in [0.29, 0.717) is 12.3 Å². The summed E-state index contributed by atoms with van der Waals surface area (Å²) in [6.45, 7) is 7.97. The van der Waals surface area contributed by atoms with Crippen molar-refractivity contribution in [2.75, 3.05) is 6.61 Å². The molecule has 0 saturated carbocycles. The van der Waals surface area contributed by atoms with Crippen LogP contribution < -0.4 is 4.72 Å². The summed E-state index contributed by atoms with van der Waals surface area (Å²) in [5.74, 6) is 0.504. The molecule has 1 aromatic carbocycles. The summed E-state index contributed by atoms with van der Waals surface area (Å²) in [6.07, 6.45) is 0.418. The van der Waals surface area contributed by atoms with Crippen LogP contribution in [-0.4, -0.2) is 26.2 Å². The van der Waals surface area contributed by atoms with E-state index in [-0.39, 0.29) is 23.5 Å². The molecule has 0 fully saturated rings. The third-order valence-corrected chi connectivity index (χ3v) is 4.91. The smallest absolute Gasteiger partial charge is 0.240 e. The highest BCUT2D eigenvalue weighted by Crippen LogP contribution is 2.18. The van der Waals surface area contributed by atoms with Gasteiger partial charge in [0.05, 0.1) is 4.90 Å². The van der Waals surface area contributed by atoms with Gasteiger partial charge in [0.25, 0.3) is 0 Å². The topological polar surface area (TPSA) is 66.4 Å². The zero-order valence-corrected chi connectivity index (χ0v) is 13.4. The zero-order valence-electron chi connectivity index (χ0n) is 12.6. The molecule has 1 unspecified atom stereocenters. The van der Waals surface area contributed by atoms with Crippen LogP contribution in [0.2, 0.25) is 0 Å². The first kappa shape index (κ1) is 17.1. The lowest BCUT2D eigenvalue weighted by molar-refractivity contribution is 0.256. The second-order valence-corrected chi connectivity index (χ2v) is 7.42. The van der Waals surface area contributed by atoms with Crippen LogP contribution in [0.25, 0.3) is 0 Å². The van der Waals surface area contributed by atoms with Crippen molar-refractivity contribution in [2.45, 2.75) is 51.0 Å². The van der Waals surface area contributed by atoms with Gasteiger partial charge >= 0.3 is 0 Å². The molecule has 0 aromatic heterocycles. The molecule has 0 saturated heterocycles. The molecule has 0 spiro atoms. The van der Waals surface area contributed by atoms with E-state index in [1.807, 2.05) is 26.0 Å². The molecule has 2 N–H and O–H groups in total. The highest BCUT2D eigenvalue weighted by Gasteiger charge is 2.22. The third kappa shape index (κ3) is 4.58. The molecular formula is C15H25NO3S. The van der Waals surface area contributed by atoms with Crippen molar-refractivity contribution in [1.82, 2.24) is 4.72 Å². The van der Waals surface area contributed by atoms with Crippen LogP contribution in [0.3, 0.4) is 0 Å². The molecule has 5 heteroatoms. The van der Waals surface area contributed by atoms with E-state index < -0.39 is 10.0 Å². The second kappa shape index (κ2) is 7.20. The van der Waals surface area contributed by atoms with Gasteiger partial charge in [0.1, 0.15) is 0 Å². The summed E-state index contributed by atoms with van der Waals surface area (Å²) in [6, 6.07) is 6.70. The Hall–Kier alpha value is -0.910. The Morgan fingerprint density at radius 2 is 1.65 bits per heavy atom. The molecule has 114 valence electrons. The van der Waals surface area contributed by atoms with E-state index in [1.54, 1.807) is 12.1 Å². The number of hydrogen-bond acceptors (Lipinski definition) is 3. The summed E-state index contributed by atoms with van der Waals surface area (Å²) in [5, 5.41) is 9.02. The summed E-state index contributed by atoms with van der Waals surface area (Å²) < 4.78 is 27.3. The van der Waals surface area contributed by atoms with E-state index in [1.165, 1.54) is 0 Å². The first-order chi connectivity index (χ1) is 9.27. The van der Waals surface area contributed by atoms with Gasteiger partial charge in [-0.2, -0.15) is 0 Å². The monoisotopic (exact) mass is 299 g/mol. The Bertz CT molecular complexity index is 506. The Labute approximate surface area is 122 Å². The zero-order chi connectivity index (χ0) is 15.3. The Morgan fingerprint density at radius 1 is 1.10 bits per heavy atom. The predicted octanol–water partition coefficient (Wildman–Crippen LogP) is 2.50. The number of sulfonamides is 1. The fourth-order valence-corrected chi connectivity index (χ4v) is 3.39. The maximum absolute atomic E-state index is 12.3. The van der Waals surface area contributed by atoms with Gasteiger partial charge in [-0.05, 0) is 36.0 Å². The van der Waals surface area contributed by atoms with Crippen LogP contribution in [0.4, 0.5) is 0 Å². The minimum absolute atomic E-state index is 0.0301. The molecule has 0 bridgehead atoms. The number of benzene rings is 1. The molecule has 20 heavy (non-hydrogen) atoms. The van der Waals surface area contributed by atoms with Gasteiger partial charge in [-0.3, -0.25) is 0 Å². The molecule has 1 atom stereocenters. The molecule has 0 aliphatic heterocycles. The average molecular weight is 299 g/mol. The molecule has 1 aromatic rings. The van der Waals surface area contributed by atoms with Gasteiger partial charge in [-0.1, -0.05) is 39.8 Å². The second-order valence-electron chi connectivity index (χ2n) is 5.71. The van der Waals surface area contributed by atoms with Crippen LogP contribution >= 0.6 is 0 Å². The molecule has 0 aliphatic carbocycles. The summed E-state index contributed by atoms with van der Waals surface area (Å²) in [7, 11) is -3.53. The fraction of sp³-hybridized carbons (Fsp3) is 0.600. The maximum atomic E-state index is 12.3. The van der Waals surface area contributed by atoms with Crippen molar-refractivity contribution in [3.63, 3.8) is 0 Å². The van der Waals surface area contributed by atoms with E-state index in [4.69, 9.17) is 5.11 Å². The lowest BCUT2D eigenvalue weighted by Gasteiger charge is -2.21. The molecule has 1 rings (SSSR count). The SMILES string of the molecule is CC(C)c1ccc(S(=O)(=O)NC(CCO)C(C)C)cc1. The Balaban J connectivity index is 2.92. The van der Waals surface area contributed by atoms with E-state index in [9.17, 15) is 8.42 Å². The average Bonchev–Trinajstić information content (AvgIpc) is 2.38. The van der Waals surface area contributed by atoms with Crippen molar-refractivity contribution in [3.05, 3.63) is 29.8 Å². The first-order valence-electron chi connectivity index (χ1n) is 7.01. The lowest BCUT2D eigenvalue weighted by atomic mass is 10.0. The largest absolute Gasteiger partial charge is 0.396 e. The summed E-state index contributed by atoms with van der Waals surface area (Å²) in [4.78, 5) is 0.269. The quantitative estimate of drug-likeness (QED) is 0.813. The van der Waals surface area contributed by atoms with Crippen LogP contribution in [0.15, 0.2) is 29.2 Å². The molecule has 0 aliphatic rings. The van der Waals surface area contributed by atoms with Gasteiger partial charge < -0.3 is 5.11 Å². The first-order valence-corrected chi connectivity index (χ1v) is 8.49. The van der Waals surface area contributed by atoms with Gasteiger partial charge in [-0.25, -0.2) is 13.1 Å². The van der Waals surface area contributed by atoms with Gasteiger partial charge in [0, 0.05) is 12.6 Å². The normalized spacial score (nSPS) is 13.9. The molecular weight excluding hydrogens is 274 g/mol. The number of rotatable bonds is 7. The number of nitrogens with one attached hydrogen (secondary N) is 1. The number of hydrogen-bond donors (Lipinski definition) is 2. The minimum Gasteiger partial charge on any atom is -0.396 e. The third-order valence-electron chi connectivity index (χ3n) is 3.41. The van der Waals surface area contributed by atoms with E-state index in [0.717, 1.165) is 5.56 Å². The molecule has 0 radical (unpaired) electrons. The van der Waals surface area contributed by atoms with Crippen molar-refractivity contribution < 1.29 is 13.5 Å². The highest BCUT2D eigenvalue weighted by atomic mass is 32.2. The van der Waals surface area contributed by atoms with Crippen LogP contribution in [0.5, 0.6) is 0 Å². The number of aliphatic hydroxyl groups is 1. The van der Waals surface area contributed by atoms with Crippen LogP contribution in [-0.2, 0) is 10.0 Å². The lowest BCUT2D eigenvalue weighted by Crippen LogP contribution is -2.39. The summed E-state index contributed by atoms with van der Waals surface area (Å²) >= 11 is 0. The molecule has 4 nitrogen and oxygen atoms in total. The minimum atomic E-state index is -3.53. The van der Waals surface area contributed by atoms with Crippen molar-refractivity contribution >= 4 is 10.0 Å². The van der Waals surface area contributed by atoms with Crippen LogP contribution in [0.1, 0.15) is 45.6 Å². The van der Waals surface area contributed by atoms with E-state index in [2.05, 4.69) is 18.6 Å². The standard InChI is InChI=1S/C15H25NO3S/c1-11(2)13-5-7-14(8-6-13)20(18,19)16-15(9-10-17)12(3)4/h5-8,11-12,15-17H,9-10H2,1-4H3. The predicted molar refractivity (Wildman–Crippen MR) is 81.2 cm³/mol. The van der Waals surface area contributed by atoms with Crippen molar-refractivity contribution in [1.29, 1.82) is 0 Å². The maximum Gasteiger partial charge on any atom is 0.240 e. The Morgan fingerprint density at radius 3 is 2.05 bits per heavy atom. The number of aliphatic hydroxyl groups excluding tert-OH is 1. The van der Waals surface area contributed by atoms with Crippen LogP contribution in [0, 0.1) is 5.92 Å². The van der Waals surface area contributed by atoms with Crippen molar-refractivity contribution in [3.8, 4) is 0 Å². The fourth-order valence-electron chi connectivity index (χ4n) is 1.97. The van der Waals surface area contributed by atoms with E-state index >= 15 is 0 Å². The Kier molecular flexibility index (Phi) is 6.17. The summed E-state index contributed by atoms with van der Waals surface area (Å²) in [5.41, 5.74) is 1.11. The molecule has 0 amide bonds. The highest BCUT2D eigenvalue weighted by molar-refractivity contribution is 7.89. The van der Waals surface area contributed by atoms with Gasteiger partial charge in [0.15, 0.2) is 0 Å². The van der Waals surface area contributed by atoms with Gasteiger partial charge in [-0.15, -0.1) is 0 Å².